The normalized spacial score (nSPS) is 24.8. The Morgan fingerprint density at radius 3 is 2.75 bits per heavy atom. The van der Waals surface area contributed by atoms with Gasteiger partial charge >= 0.3 is 0 Å². The van der Waals surface area contributed by atoms with E-state index < -0.39 is 5.92 Å². The van der Waals surface area contributed by atoms with E-state index in [0.29, 0.717) is 6.42 Å². The van der Waals surface area contributed by atoms with Gasteiger partial charge in [0.25, 0.3) is 0 Å². The quantitative estimate of drug-likeness (QED) is 0.696. The first-order valence-corrected chi connectivity index (χ1v) is 4.75. The zero-order valence-electron chi connectivity index (χ0n) is 7.58. The van der Waals surface area contributed by atoms with Crippen LogP contribution in [0, 0.1) is 0 Å². The molecule has 1 heterocycles. The van der Waals surface area contributed by atoms with E-state index in [0.717, 1.165) is 19.4 Å². The third-order valence-electron chi connectivity index (χ3n) is 2.32. The zero-order chi connectivity index (χ0) is 9.03. The van der Waals surface area contributed by atoms with Crippen molar-refractivity contribution in [3.05, 3.63) is 0 Å². The van der Waals surface area contributed by atoms with Crippen LogP contribution in [0.4, 0.5) is 8.78 Å². The fourth-order valence-corrected chi connectivity index (χ4v) is 1.76. The van der Waals surface area contributed by atoms with Crippen molar-refractivity contribution in [3.8, 4) is 0 Å². The number of alkyl halides is 2. The Hall–Kier alpha value is -0.180. The molecule has 0 aliphatic carbocycles. The van der Waals surface area contributed by atoms with Gasteiger partial charge in [0.05, 0.1) is 0 Å². The minimum Gasteiger partial charge on any atom is -0.314 e. The molecule has 1 rings (SSSR count). The number of nitrogens with one attached hydrogen (secondary N) is 1. The van der Waals surface area contributed by atoms with Crippen molar-refractivity contribution in [1.29, 1.82) is 0 Å². The number of hydrogen-bond donors (Lipinski definition) is 1. The summed E-state index contributed by atoms with van der Waals surface area (Å²) in [6.45, 7) is 2.71. The first kappa shape index (κ1) is 9.90. The van der Waals surface area contributed by atoms with Gasteiger partial charge in [0, 0.05) is 18.9 Å². The van der Waals surface area contributed by atoms with Crippen LogP contribution in [0.3, 0.4) is 0 Å². The molecule has 0 radical (unpaired) electrons. The standard InChI is InChI=1S/C9H17F2N/c1-2-5-9(10,11)7-8-4-3-6-12-8/h8,12H,2-7H2,1H3. The van der Waals surface area contributed by atoms with E-state index in [9.17, 15) is 8.78 Å². The average molecular weight is 177 g/mol. The molecule has 72 valence electrons. The van der Waals surface area contributed by atoms with Crippen LogP contribution in [0.5, 0.6) is 0 Å². The number of rotatable bonds is 4. The highest BCUT2D eigenvalue weighted by Gasteiger charge is 2.32. The molecule has 1 fully saturated rings. The Bertz CT molecular complexity index is 130. The van der Waals surface area contributed by atoms with Crippen LogP contribution in [0.25, 0.3) is 0 Å². The van der Waals surface area contributed by atoms with Crippen LogP contribution in [-0.4, -0.2) is 18.5 Å². The molecule has 0 aromatic heterocycles. The van der Waals surface area contributed by atoms with Crippen molar-refractivity contribution in [2.45, 2.75) is 51.0 Å². The predicted molar refractivity (Wildman–Crippen MR) is 45.5 cm³/mol. The van der Waals surface area contributed by atoms with Crippen molar-refractivity contribution < 1.29 is 8.78 Å². The molecular formula is C9H17F2N. The summed E-state index contributed by atoms with van der Waals surface area (Å²) < 4.78 is 26.1. The van der Waals surface area contributed by atoms with Gasteiger partial charge in [-0.3, -0.25) is 0 Å². The molecule has 1 aliphatic heterocycles. The van der Waals surface area contributed by atoms with Gasteiger partial charge in [-0.05, 0) is 19.4 Å². The largest absolute Gasteiger partial charge is 0.314 e. The van der Waals surface area contributed by atoms with E-state index in [1.165, 1.54) is 0 Å². The van der Waals surface area contributed by atoms with Gasteiger partial charge in [-0.1, -0.05) is 13.3 Å². The fourth-order valence-electron chi connectivity index (χ4n) is 1.76. The van der Waals surface area contributed by atoms with Crippen LogP contribution in [0.1, 0.15) is 39.0 Å². The second-order valence-corrected chi connectivity index (χ2v) is 3.60. The van der Waals surface area contributed by atoms with Gasteiger partial charge in [0.2, 0.25) is 5.92 Å². The maximum absolute atomic E-state index is 13.0. The van der Waals surface area contributed by atoms with Gasteiger partial charge in [0.15, 0.2) is 0 Å². The van der Waals surface area contributed by atoms with E-state index in [4.69, 9.17) is 0 Å². The van der Waals surface area contributed by atoms with Gasteiger partial charge in [-0.2, -0.15) is 0 Å². The number of halogens is 2. The van der Waals surface area contributed by atoms with Crippen molar-refractivity contribution >= 4 is 0 Å². The molecule has 3 heteroatoms. The molecule has 1 N–H and O–H groups in total. The van der Waals surface area contributed by atoms with Crippen LogP contribution in [0.15, 0.2) is 0 Å². The van der Waals surface area contributed by atoms with Gasteiger partial charge < -0.3 is 5.32 Å². The van der Waals surface area contributed by atoms with E-state index >= 15 is 0 Å². The first-order chi connectivity index (χ1) is 5.64. The molecule has 1 saturated heterocycles. The van der Waals surface area contributed by atoms with Crippen LogP contribution in [0.2, 0.25) is 0 Å². The average Bonchev–Trinajstić information content (AvgIpc) is 2.38. The summed E-state index contributed by atoms with van der Waals surface area (Å²) in [6.07, 6.45) is 2.60. The van der Waals surface area contributed by atoms with Crippen LogP contribution < -0.4 is 5.32 Å². The smallest absolute Gasteiger partial charge is 0.249 e. The highest BCUT2D eigenvalue weighted by Crippen LogP contribution is 2.28. The van der Waals surface area contributed by atoms with Crippen molar-refractivity contribution in [3.63, 3.8) is 0 Å². The van der Waals surface area contributed by atoms with Gasteiger partial charge in [0.1, 0.15) is 0 Å². The van der Waals surface area contributed by atoms with E-state index in [-0.39, 0.29) is 18.9 Å². The zero-order valence-corrected chi connectivity index (χ0v) is 7.58. The topological polar surface area (TPSA) is 12.0 Å². The fraction of sp³-hybridized carbons (Fsp3) is 1.00. The summed E-state index contributed by atoms with van der Waals surface area (Å²) in [5.41, 5.74) is 0. The Balaban J connectivity index is 2.27. The molecule has 0 saturated carbocycles. The molecule has 1 aliphatic rings. The molecule has 0 aromatic carbocycles. The maximum Gasteiger partial charge on any atom is 0.249 e. The summed E-state index contributed by atoms with van der Waals surface area (Å²) in [5.74, 6) is -2.45. The monoisotopic (exact) mass is 177 g/mol. The molecule has 0 spiro atoms. The van der Waals surface area contributed by atoms with Gasteiger partial charge in [-0.15, -0.1) is 0 Å². The summed E-state index contributed by atoms with van der Waals surface area (Å²) >= 11 is 0. The lowest BCUT2D eigenvalue weighted by Crippen LogP contribution is -2.30. The van der Waals surface area contributed by atoms with Crippen LogP contribution in [-0.2, 0) is 0 Å². The van der Waals surface area contributed by atoms with E-state index in [2.05, 4.69) is 5.32 Å². The van der Waals surface area contributed by atoms with E-state index in [1.807, 2.05) is 0 Å². The van der Waals surface area contributed by atoms with Crippen molar-refractivity contribution in [1.82, 2.24) is 5.32 Å². The van der Waals surface area contributed by atoms with E-state index in [1.54, 1.807) is 6.92 Å². The lowest BCUT2D eigenvalue weighted by atomic mass is 10.0. The minimum absolute atomic E-state index is 0.0286. The summed E-state index contributed by atoms with van der Waals surface area (Å²) in [5, 5.41) is 3.09. The highest BCUT2D eigenvalue weighted by atomic mass is 19.3. The second-order valence-electron chi connectivity index (χ2n) is 3.60. The summed E-state index contributed by atoms with van der Waals surface area (Å²) in [6, 6.07) is 0.0616. The Labute approximate surface area is 72.5 Å². The van der Waals surface area contributed by atoms with Crippen LogP contribution >= 0.6 is 0 Å². The molecule has 1 unspecified atom stereocenters. The predicted octanol–water partition coefficient (Wildman–Crippen LogP) is 2.56. The van der Waals surface area contributed by atoms with Crippen molar-refractivity contribution in [2.75, 3.05) is 6.54 Å². The molecule has 0 amide bonds. The molecule has 1 nitrogen and oxygen atoms in total. The molecule has 0 bridgehead atoms. The Kier molecular flexibility index (Phi) is 3.44. The molecular weight excluding hydrogens is 160 g/mol. The van der Waals surface area contributed by atoms with Crippen molar-refractivity contribution in [2.24, 2.45) is 0 Å². The molecule has 0 aromatic rings. The minimum atomic E-state index is -2.45. The maximum atomic E-state index is 13.0. The van der Waals surface area contributed by atoms with Gasteiger partial charge in [-0.25, -0.2) is 8.78 Å². The molecule has 12 heavy (non-hydrogen) atoms. The Morgan fingerprint density at radius 2 is 2.25 bits per heavy atom. The SMILES string of the molecule is CCCC(F)(F)CC1CCCN1. The third-order valence-corrected chi connectivity index (χ3v) is 2.32. The molecule has 1 atom stereocenters. The lowest BCUT2D eigenvalue weighted by Gasteiger charge is -2.19. The second kappa shape index (κ2) is 4.17. The summed E-state index contributed by atoms with van der Waals surface area (Å²) in [7, 11) is 0. The lowest BCUT2D eigenvalue weighted by molar-refractivity contribution is -0.0241. The Morgan fingerprint density at radius 1 is 1.50 bits per heavy atom. The third kappa shape index (κ3) is 3.05. The highest BCUT2D eigenvalue weighted by molar-refractivity contribution is 4.80. The number of hydrogen-bond acceptors (Lipinski definition) is 1. The summed E-state index contributed by atoms with van der Waals surface area (Å²) in [4.78, 5) is 0. The first-order valence-electron chi connectivity index (χ1n) is 4.75.